The molecule has 1 unspecified atom stereocenters. The second-order valence-electron chi connectivity index (χ2n) is 5.58. The Morgan fingerprint density at radius 3 is 3.00 bits per heavy atom. The molecule has 1 aliphatic heterocycles. The Morgan fingerprint density at radius 2 is 2.30 bits per heavy atom. The molecule has 23 heavy (non-hydrogen) atoms. The highest BCUT2D eigenvalue weighted by molar-refractivity contribution is 5.93. The molecule has 0 bridgehead atoms. The van der Waals surface area contributed by atoms with Gasteiger partial charge in [0.15, 0.2) is 0 Å². The van der Waals surface area contributed by atoms with Gasteiger partial charge in [0.1, 0.15) is 5.82 Å². The zero-order valence-corrected chi connectivity index (χ0v) is 13.1. The van der Waals surface area contributed by atoms with Crippen LogP contribution in [0.2, 0.25) is 0 Å². The summed E-state index contributed by atoms with van der Waals surface area (Å²) in [6.07, 6.45) is 5.23. The fraction of sp³-hybridized carbons (Fsp3) is 0.353. The van der Waals surface area contributed by atoms with E-state index < -0.39 is 0 Å². The number of anilines is 1. The first kappa shape index (κ1) is 15.4. The summed E-state index contributed by atoms with van der Waals surface area (Å²) in [4.78, 5) is 22.6. The lowest BCUT2D eigenvalue weighted by molar-refractivity contribution is 0.0529. The number of carbonyl (C=O) groups excluding carboxylic acids is 1. The largest absolute Gasteiger partial charge is 0.375 e. The summed E-state index contributed by atoms with van der Waals surface area (Å²) in [5.41, 5.74) is 1.52. The first-order valence-electron chi connectivity index (χ1n) is 7.72. The number of rotatable bonds is 4. The van der Waals surface area contributed by atoms with Crippen LogP contribution in [0.15, 0.2) is 42.9 Å². The number of nitrogens with zero attached hydrogens (tertiary/aromatic N) is 3. The highest BCUT2D eigenvalue weighted by Crippen LogP contribution is 2.15. The van der Waals surface area contributed by atoms with E-state index >= 15 is 0 Å². The van der Waals surface area contributed by atoms with Gasteiger partial charge in [0.25, 0.3) is 5.91 Å². The van der Waals surface area contributed by atoms with Crippen LogP contribution in [0, 0.1) is 0 Å². The molecule has 1 aliphatic rings. The number of pyridine rings is 2. The summed E-state index contributed by atoms with van der Waals surface area (Å²) < 4.78 is 5.54. The van der Waals surface area contributed by atoms with E-state index in [9.17, 15) is 4.79 Å². The van der Waals surface area contributed by atoms with Crippen LogP contribution in [-0.2, 0) is 11.3 Å². The number of morpholine rings is 1. The number of ether oxygens (including phenoxy) is 1. The van der Waals surface area contributed by atoms with Crippen molar-refractivity contribution in [2.75, 3.05) is 24.6 Å². The highest BCUT2D eigenvalue weighted by Gasteiger charge is 2.17. The zero-order valence-electron chi connectivity index (χ0n) is 13.1. The Hall–Kier alpha value is -2.47. The number of amides is 1. The fourth-order valence-corrected chi connectivity index (χ4v) is 2.52. The average molecular weight is 312 g/mol. The third kappa shape index (κ3) is 4.04. The Labute approximate surface area is 135 Å². The van der Waals surface area contributed by atoms with Crippen molar-refractivity contribution in [1.82, 2.24) is 15.3 Å². The summed E-state index contributed by atoms with van der Waals surface area (Å²) in [6, 6.07) is 7.47. The van der Waals surface area contributed by atoms with Crippen LogP contribution in [0.3, 0.4) is 0 Å². The molecule has 1 N–H and O–H groups in total. The number of hydrogen-bond donors (Lipinski definition) is 1. The normalized spacial score (nSPS) is 17.8. The van der Waals surface area contributed by atoms with Gasteiger partial charge in [-0.25, -0.2) is 4.98 Å². The molecule has 0 saturated carbocycles. The van der Waals surface area contributed by atoms with Crippen LogP contribution < -0.4 is 10.2 Å². The lowest BCUT2D eigenvalue weighted by Gasteiger charge is -2.32. The Kier molecular flexibility index (Phi) is 4.83. The monoisotopic (exact) mass is 312 g/mol. The second-order valence-corrected chi connectivity index (χ2v) is 5.58. The minimum atomic E-state index is -0.135. The molecule has 6 nitrogen and oxygen atoms in total. The van der Waals surface area contributed by atoms with E-state index in [1.165, 1.54) is 0 Å². The molecule has 2 aromatic heterocycles. The molecular formula is C17H20N4O2. The van der Waals surface area contributed by atoms with Crippen LogP contribution in [0.25, 0.3) is 0 Å². The molecule has 0 spiro atoms. The Balaban J connectivity index is 1.56. The molecule has 120 valence electrons. The van der Waals surface area contributed by atoms with Gasteiger partial charge in [0.2, 0.25) is 0 Å². The van der Waals surface area contributed by atoms with Crippen molar-refractivity contribution >= 4 is 11.7 Å². The maximum absolute atomic E-state index is 12.0. The van der Waals surface area contributed by atoms with Crippen molar-refractivity contribution in [1.29, 1.82) is 0 Å². The maximum Gasteiger partial charge on any atom is 0.253 e. The number of hydrogen-bond acceptors (Lipinski definition) is 5. The van der Waals surface area contributed by atoms with Gasteiger partial charge in [-0.1, -0.05) is 6.07 Å². The molecule has 0 aliphatic carbocycles. The van der Waals surface area contributed by atoms with Gasteiger partial charge >= 0.3 is 0 Å². The molecule has 0 aromatic carbocycles. The van der Waals surface area contributed by atoms with E-state index in [0.717, 1.165) is 31.1 Å². The second kappa shape index (κ2) is 7.19. The van der Waals surface area contributed by atoms with Crippen LogP contribution in [0.4, 0.5) is 5.82 Å². The van der Waals surface area contributed by atoms with Gasteiger partial charge in [0, 0.05) is 38.2 Å². The molecule has 1 saturated heterocycles. The van der Waals surface area contributed by atoms with Crippen LogP contribution in [-0.4, -0.2) is 41.7 Å². The van der Waals surface area contributed by atoms with E-state index in [-0.39, 0.29) is 12.0 Å². The maximum atomic E-state index is 12.0. The molecule has 0 radical (unpaired) electrons. The predicted octanol–water partition coefficient (Wildman–Crippen LogP) is 1.63. The van der Waals surface area contributed by atoms with Crippen molar-refractivity contribution in [2.24, 2.45) is 0 Å². The molecule has 3 rings (SSSR count). The van der Waals surface area contributed by atoms with Crippen LogP contribution >= 0.6 is 0 Å². The van der Waals surface area contributed by atoms with Crippen LogP contribution in [0.5, 0.6) is 0 Å². The van der Waals surface area contributed by atoms with Crippen molar-refractivity contribution in [3.05, 3.63) is 54.0 Å². The van der Waals surface area contributed by atoms with E-state index in [4.69, 9.17) is 4.74 Å². The minimum absolute atomic E-state index is 0.135. The smallest absolute Gasteiger partial charge is 0.253 e. The van der Waals surface area contributed by atoms with Gasteiger partial charge in [-0.3, -0.25) is 9.78 Å². The molecular weight excluding hydrogens is 292 g/mol. The summed E-state index contributed by atoms with van der Waals surface area (Å²) in [7, 11) is 0. The van der Waals surface area contributed by atoms with Gasteiger partial charge in [-0.15, -0.1) is 0 Å². The quantitative estimate of drug-likeness (QED) is 0.929. The third-order valence-corrected chi connectivity index (χ3v) is 3.75. The molecule has 1 atom stereocenters. The van der Waals surface area contributed by atoms with Gasteiger partial charge < -0.3 is 15.0 Å². The topological polar surface area (TPSA) is 67.4 Å². The first-order chi connectivity index (χ1) is 11.2. The molecule has 3 heterocycles. The zero-order chi connectivity index (χ0) is 16.1. The first-order valence-corrected chi connectivity index (χ1v) is 7.72. The lowest BCUT2D eigenvalue weighted by Crippen LogP contribution is -2.41. The number of nitrogens with one attached hydrogen (secondary N) is 1. The van der Waals surface area contributed by atoms with E-state index in [2.05, 4.69) is 27.1 Å². The minimum Gasteiger partial charge on any atom is -0.375 e. The average Bonchev–Trinajstić information content (AvgIpc) is 2.61. The van der Waals surface area contributed by atoms with Crippen molar-refractivity contribution < 1.29 is 9.53 Å². The summed E-state index contributed by atoms with van der Waals surface area (Å²) in [5, 5.41) is 2.87. The van der Waals surface area contributed by atoms with E-state index in [1.54, 1.807) is 30.7 Å². The third-order valence-electron chi connectivity index (χ3n) is 3.75. The van der Waals surface area contributed by atoms with Gasteiger partial charge in [-0.05, 0) is 30.7 Å². The standard InChI is InChI=1S/C17H20N4O2/c1-13-12-21(7-8-23-13)16-5-4-14(9-19-16)10-20-17(22)15-3-2-6-18-11-15/h2-6,9,11,13H,7-8,10,12H2,1H3,(H,20,22). The Bertz CT molecular complexity index is 645. The molecule has 2 aromatic rings. The van der Waals surface area contributed by atoms with Crippen molar-refractivity contribution in [3.63, 3.8) is 0 Å². The molecule has 6 heteroatoms. The van der Waals surface area contributed by atoms with Crippen molar-refractivity contribution in [3.8, 4) is 0 Å². The molecule has 1 amide bonds. The SMILES string of the molecule is CC1CN(c2ccc(CNC(=O)c3cccnc3)cn2)CCO1. The van der Waals surface area contributed by atoms with E-state index in [1.807, 2.05) is 12.1 Å². The number of carbonyl (C=O) groups is 1. The lowest BCUT2D eigenvalue weighted by atomic mass is 10.2. The van der Waals surface area contributed by atoms with E-state index in [0.29, 0.717) is 12.1 Å². The summed E-state index contributed by atoms with van der Waals surface area (Å²) >= 11 is 0. The molecule has 1 fully saturated rings. The van der Waals surface area contributed by atoms with Crippen molar-refractivity contribution in [2.45, 2.75) is 19.6 Å². The highest BCUT2D eigenvalue weighted by atomic mass is 16.5. The number of aromatic nitrogens is 2. The summed E-state index contributed by atoms with van der Waals surface area (Å²) in [6.45, 7) is 4.94. The van der Waals surface area contributed by atoms with Gasteiger partial charge in [0.05, 0.1) is 18.3 Å². The van der Waals surface area contributed by atoms with Crippen LogP contribution in [0.1, 0.15) is 22.8 Å². The Morgan fingerprint density at radius 1 is 1.39 bits per heavy atom. The van der Waals surface area contributed by atoms with Gasteiger partial charge in [-0.2, -0.15) is 0 Å². The fourth-order valence-electron chi connectivity index (χ4n) is 2.52. The summed E-state index contributed by atoms with van der Waals surface area (Å²) in [5.74, 6) is 0.812. The predicted molar refractivity (Wildman–Crippen MR) is 87.3 cm³/mol.